The number of hydrogen-bond donors (Lipinski definition) is 1. The molecule has 2 atom stereocenters. The van der Waals surface area contributed by atoms with Gasteiger partial charge in [-0.2, -0.15) is 0 Å². The number of ether oxygens (including phenoxy) is 1. The van der Waals surface area contributed by atoms with Crippen molar-refractivity contribution in [3.8, 4) is 10.8 Å². The number of hydrogen-bond acceptors (Lipinski definition) is 5. The predicted molar refractivity (Wildman–Crippen MR) is 105 cm³/mol. The molecule has 1 N–H and O–H groups in total. The van der Waals surface area contributed by atoms with Crippen molar-refractivity contribution in [3.05, 3.63) is 64.1 Å². The Morgan fingerprint density at radius 1 is 1.25 bits per heavy atom. The molecule has 5 nitrogen and oxygen atoms in total. The Morgan fingerprint density at radius 3 is 2.68 bits per heavy atom. The largest absolute Gasteiger partial charge is 0.459 e. The van der Waals surface area contributed by atoms with Gasteiger partial charge in [-0.15, -0.1) is 11.3 Å². The summed E-state index contributed by atoms with van der Waals surface area (Å²) in [5, 5.41) is 3.75. The fourth-order valence-electron chi connectivity index (χ4n) is 3.40. The van der Waals surface area contributed by atoms with E-state index >= 15 is 0 Å². The summed E-state index contributed by atoms with van der Waals surface area (Å²) < 4.78 is 24.8. The second-order valence-electron chi connectivity index (χ2n) is 6.90. The molecule has 1 aliphatic rings. The topological polar surface area (TPSA) is 64.4 Å². The van der Waals surface area contributed by atoms with E-state index in [0.717, 1.165) is 24.2 Å². The third-order valence-corrected chi connectivity index (χ3v) is 5.98. The number of benzene rings is 1. The van der Waals surface area contributed by atoms with Crippen molar-refractivity contribution < 1.29 is 18.3 Å². The number of furan rings is 1. The first-order valence-electron chi connectivity index (χ1n) is 9.23. The van der Waals surface area contributed by atoms with Gasteiger partial charge in [-0.05, 0) is 56.5 Å². The third-order valence-electron chi connectivity index (χ3n) is 4.81. The fraction of sp³-hybridized carbons (Fsp3) is 0.333. The molecule has 1 fully saturated rings. The maximum absolute atomic E-state index is 13.3. The Morgan fingerprint density at radius 2 is 2.04 bits per heavy atom. The van der Waals surface area contributed by atoms with Gasteiger partial charge in [-0.3, -0.25) is 4.79 Å². The number of nitrogens with one attached hydrogen (secondary N) is 1. The first-order valence-corrected chi connectivity index (χ1v) is 10.0. The van der Waals surface area contributed by atoms with E-state index in [0.29, 0.717) is 27.9 Å². The van der Waals surface area contributed by atoms with Crippen molar-refractivity contribution in [2.24, 2.45) is 0 Å². The number of amides is 1. The molecule has 0 radical (unpaired) electrons. The second kappa shape index (κ2) is 7.85. The monoisotopic (exact) mass is 400 g/mol. The molecular weight excluding hydrogens is 379 g/mol. The van der Waals surface area contributed by atoms with E-state index in [9.17, 15) is 9.18 Å². The highest BCUT2D eigenvalue weighted by Gasteiger charge is 2.30. The third kappa shape index (κ3) is 3.86. The summed E-state index contributed by atoms with van der Waals surface area (Å²) >= 11 is 1.30. The van der Waals surface area contributed by atoms with Crippen molar-refractivity contribution in [1.29, 1.82) is 0 Å². The van der Waals surface area contributed by atoms with Crippen LogP contribution in [0.5, 0.6) is 0 Å². The number of rotatable bonds is 5. The minimum absolute atomic E-state index is 0.130. The minimum Gasteiger partial charge on any atom is -0.459 e. The second-order valence-corrected chi connectivity index (χ2v) is 7.90. The molecule has 4 rings (SSSR count). The molecule has 7 heteroatoms. The van der Waals surface area contributed by atoms with Crippen LogP contribution in [-0.4, -0.2) is 23.6 Å². The van der Waals surface area contributed by atoms with Crippen LogP contribution in [0.3, 0.4) is 0 Å². The molecule has 1 aliphatic heterocycles. The van der Waals surface area contributed by atoms with Gasteiger partial charge in [0.05, 0.1) is 17.8 Å². The van der Waals surface area contributed by atoms with E-state index in [2.05, 4.69) is 10.3 Å². The lowest BCUT2D eigenvalue weighted by atomic mass is 9.99. The Balaban J connectivity index is 1.59. The van der Waals surface area contributed by atoms with Crippen LogP contribution < -0.4 is 5.32 Å². The van der Waals surface area contributed by atoms with E-state index in [1.54, 1.807) is 12.1 Å². The number of aromatic nitrogens is 1. The molecular formula is C21H21FN2O3S. The summed E-state index contributed by atoms with van der Waals surface area (Å²) in [4.78, 5) is 18.0. The number of thiazole rings is 1. The lowest BCUT2D eigenvalue weighted by molar-refractivity contribution is 0.0674. The van der Waals surface area contributed by atoms with Gasteiger partial charge in [0, 0.05) is 6.61 Å². The molecule has 28 heavy (non-hydrogen) atoms. The number of carbonyl (C=O) groups is 1. The van der Waals surface area contributed by atoms with E-state index in [1.807, 2.05) is 26.0 Å². The van der Waals surface area contributed by atoms with Gasteiger partial charge in [-0.1, -0.05) is 12.1 Å². The fourth-order valence-corrected chi connectivity index (χ4v) is 4.33. The lowest BCUT2D eigenvalue weighted by Crippen LogP contribution is -2.36. The molecule has 3 heterocycles. The zero-order valence-electron chi connectivity index (χ0n) is 15.7. The van der Waals surface area contributed by atoms with Crippen LogP contribution in [0.4, 0.5) is 4.39 Å². The van der Waals surface area contributed by atoms with Crippen molar-refractivity contribution in [1.82, 2.24) is 10.3 Å². The first-order chi connectivity index (χ1) is 13.5. The van der Waals surface area contributed by atoms with Crippen molar-refractivity contribution >= 4 is 17.2 Å². The number of halogens is 1. The van der Waals surface area contributed by atoms with Gasteiger partial charge >= 0.3 is 0 Å². The molecule has 1 aromatic carbocycles. The highest BCUT2D eigenvalue weighted by Crippen LogP contribution is 2.31. The molecule has 0 saturated carbocycles. The Labute approximate surface area is 166 Å². The Bertz CT molecular complexity index is 974. The van der Waals surface area contributed by atoms with E-state index in [4.69, 9.17) is 9.15 Å². The molecule has 0 aliphatic carbocycles. The number of aryl methyl sites for hydroxylation is 2. The van der Waals surface area contributed by atoms with Crippen LogP contribution in [0.1, 0.15) is 45.6 Å². The minimum atomic E-state index is -0.341. The van der Waals surface area contributed by atoms with E-state index in [-0.39, 0.29) is 23.9 Å². The molecule has 2 aromatic heterocycles. The van der Waals surface area contributed by atoms with Gasteiger partial charge in [0.25, 0.3) is 5.91 Å². The smallest absolute Gasteiger partial charge is 0.263 e. The quantitative estimate of drug-likeness (QED) is 0.668. The summed E-state index contributed by atoms with van der Waals surface area (Å²) in [6.07, 6.45) is 1.66. The summed E-state index contributed by atoms with van der Waals surface area (Å²) in [7, 11) is 0. The molecule has 1 saturated heterocycles. The maximum Gasteiger partial charge on any atom is 0.263 e. The zero-order chi connectivity index (χ0) is 19.7. The van der Waals surface area contributed by atoms with Crippen LogP contribution in [0.15, 0.2) is 40.8 Å². The summed E-state index contributed by atoms with van der Waals surface area (Å²) in [6.45, 7) is 4.34. The summed E-state index contributed by atoms with van der Waals surface area (Å²) in [5.41, 5.74) is 1.47. The van der Waals surface area contributed by atoms with Crippen molar-refractivity contribution in [3.63, 3.8) is 0 Å². The van der Waals surface area contributed by atoms with Crippen molar-refractivity contribution in [2.45, 2.75) is 38.8 Å². The van der Waals surface area contributed by atoms with Crippen LogP contribution in [0.25, 0.3) is 10.8 Å². The van der Waals surface area contributed by atoms with Crippen molar-refractivity contribution in [2.75, 3.05) is 6.61 Å². The van der Waals surface area contributed by atoms with Crippen LogP contribution in [0.2, 0.25) is 0 Å². The summed E-state index contributed by atoms with van der Waals surface area (Å²) in [6, 6.07) is 9.57. The molecule has 0 unspecified atom stereocenters. The SMILES string of the molecule is Cc1ccc(-c2nc(C)c(C(=O)N[C@@H](c3ccc(F)cc3)[C@H]3CCCO3)s2)o1. The first kappa shape index (κ1) is 18.8. The molecule has 3 aromatic rings. The number of nitrogens with zero attached hydrogens (tertiary/aromatic N) is 1. The standard InChI is InChI=1S/C21H21FN2O3S/c1-12-5-10-17(27-12)21-23-13(2)19(28-21)20(25)24-18(16-4-3-11-26-16)14-6-8-15(22)9-7-14/h5-10,16,18H,3-4,11H2,1-2H3,(H,24,25)/t16-,18+/m1/s1. The molecule has 146 valence electrons. The Kier molecular flexibility index (Phi) is 5.28. The van der Waals surface area contributed by atoms with E-state index in [1.165, 1.54) is 23.5 Å². The summed E-state index contributed by atoms with van der Waals surface area (Å²) in [5.74, 6) is 0.926. The average molecular weight is 400 g/mol. The Hall–Kier alpha value is -2.51. The highest BCUT2D eigenvalue weighted by molar-refractivity contribution is 7.17. The van der Waals surface area contributed by atoms with Gasteiger partial charge in [0.2, 0.25) is 0 Å². The predicted octanol–water partition coefficient (Wildman–Crippen LogP) is 4.81. The highest BCUT2D eigenvalue weighted by atomic mass is 32.1. The molecule has 1 amide bonds. The van der Waals surface area contributed by atoms with Crippen LogP contribution in [-0.2, 0) is 4.74 Å². The van der Waals surface area contributed by atoms with Gasteiger partial charge in [0.1, 0.15) is 16.5 Å². The van der Waals surface area contributed by atoms with Gasteiger partial charge in [0.15, 0.2) is 10.8 Å². The zero-order valence-corrected chi connectivity index (χ0v) is 16.5. The normalized spacial score (nSPS) is 17.6. The van der Waals surface area contributed by atoms with E-state index < -0.39 is 0 Å². The van der Waals surface area contributed by atoms with Crippen LogP contribution in [0, 0.1) is 19.7 Å². The maximum atomic E-state index is 13.3. The molecule has 0 bridgehead atoms. The van der Waals surface area contributed by atoms with Gasteiger partial charge < -0.3 is 14.5 Å². The van der Waals surface area contributed by atoms with Gasteiger partial charge in [-0.25, -0.2) is 9.37 Å². The average Bonchev–Trinajstić information content (AvgIpc) is 3.41. The lowest BCUT2D eigenvalue weighted by Gasteiger charge is -2.24. The van der Waals surface area contributed by atoms with Crippen LogP contribution >= 0.6 is 11.3 Å². The number of carbonyl (C=O) groups excluding carboxylic acids is 1. The molecule has 0 spiro atoms.